The molecule has 0 radical (unpaired) electrons. The molecule has 4 aromatic carbocycles. The number of nitrogens with one attached hydrogen (secondary N) is 2. The van der Waals surface area contributed by atoms with Crippen molar-refractivity contribution in [2.75, 3.05) is 7.11 Å². The van der Waals surface area contributed by atoms with Gasteiger partial charge in [0, 0.05) is 24.0 Å². The second-order valence-corrected chi connectivity index (χ2v) is 11.3. The van der Waals surface area contributed by atoms with Gasteiger partial charge >= 0.3 is 11.9 Å². The first-order chi connectivity index (χ1) is 21.0. The van der Waals surface area contributed by atoms with Gasteiger partial charge in [0.15, 0.2) is 0 Å². The van der Waals surface area contributed by atoms with Gasteiger partial charge in [-0.05, 0) is 53.4 Å². The number of methoxy groups -OCH3 is 1. The first-order valence-electron chi connectivity index (χ1n) is 13.7. The maximum atomic E-state index is 12.7. The predicted molar refractivity (Wildman–Crippen MR) is 177 cm³/mol. The number of esters is 1. The van der Waals surface area contributed by atoms with Gasteiger partial charge in [-0.1, -0.05) is 97.2 Å². The maximum Gasteiger partial charge on any atom is 0.329 e. The quantitative estimate of drug-likeness (QED) is 0.112. The number of carboxylic acids is 1. The predicted octanol–water partition coefficient (Wildman–Crippen LogP) is 5.17. The van der Waals surface area contributed by atoms with E-state index in [-0.39, 0.29) is 29.3 Å². The standard InChI is InChI=1S/C34H32N2O6S2/c1-34(33(40)41,20-22-13-17-24(38)18-14-22)36-31(44)28-10-6-4-8-26(28)25-7-3-5-9-27(25)30(43)35-29(32(39)42-2)19-21-11-15-23(37)16-12-21/h3-18,29,37-38H,19-20H2,1-2H3,(H,35,43)(H,36,44)(H,40,41)/t29-,34-/m0/s1. The molecule has 0 aliphatic rings. The summed E-state index contributed by atoms with van der Waals surface area (Å²) in [6.07, 6.45) is 0.389. The Balaban J connectivity index is 1.63. The van der Waals surface area contributed by atoms with E-state index in [4.69, 9.17) is 29.2 Å². The zero-order valence-electron chi connectivity index (χ0n) is 24.1. The highest BCUT2D eigenvalue weighted by Gasteiger charge is 2.35. The van der Waals surface area contributed by atoms with Crippen LogP contribution in [0.2, 0.25) is 0 Å². The monoisotopic (exact) mass is 628 g/mol. The number of phenolic OH excluding ortho intramolecular Hbond substituents is 2. The molecule has 0 heterocycles. The fourth-order valence-electron chi connectivity index (χ4n) is 4.78. The molecular weight excluding hydrogens is 597 g/mol. The Kier molecular flexibility index (Phi) is 10.3. The van der Waals surface area contributed by atoms with Crippen molar-refractivity contribution in [2.45, 2.75) is 31.3 Å². The van der Waals surface area contributed by atoms with Gasteiger partial charge in [-0.3, -0.25) is 0 Å². The molecule has 0 saturated heterocycles. The highest BCUT2D eigenvalue weighted by atomic mass is 32.1. The number of aromatic hydroxyl groups is 2. The van der Waals surface area contributed by atoms with Gasteiger partial charge in [-0.25, -0.2) is 9.59 Å². The minimum atomic E-state index is -1.44. The molecular formula is C34H32N2O6S2. The summed E-state index contributed by atoms with van der Waals surface area (Å²) in [5, 5.41) is 35.6. The number of carbonyl (C=O) groups is 2. The van der Waals surface area contributed by atoms with Gasteiger partial charge in [0.2, 0.25) is 0 Å². The number of aliphatic carboxylic acids is 1. The fraction of sp³-hybridized carbons (Fsp3) is 0.176. The Hall–Kier alpha value is -4.80. The lowest BCUT2D eigenvalue weighted by Crippen LogP contribution is -2.53. The summed E-state index contributed by atoms with van der Waals surface area (Å²) in [4.78, 5) is 25.7. The van der Waals surface area contributed by atoms with E-state index in [1.807, 2.05) is 48.5 Å². The Bertz CT molecular complexity index is 1670. The highest BCUT2D eigenvalue weighted by molar-refractivity contribution is 7.81. The summed E-state index contributed by atoms with van der Waals surface area (Å²) >= 11 is 11.6. The molecule has 0 unspecified atom stereocenters. The summed E-state index contributed by atoms with van der Waals surface area (Å²) in [7, 11) is 1.31. The number of benzene rings is 4. The molecule has 0 amide bonds. The first-order valence-corrected chi connectivity index (χ1v) is 14.5. The summed E-state index contributed by atoms with van der Waals surface area (Å²) in [6.45, 7) is 1.56. The third-order valence-corrected chi connectivity index (χ3v) is 7.82. The minimum Gasteiger partial charge on any atom is -0.508 e. The molecule has 0 spiro atoms. The SMILES string of the molecule is COC(=O)[C@H](Cc1ccc(O)cc1)NC(=S)c1ccccc1-c1ccccc1C(=S)N[C@@](C)(Cc1ccc(O)cc1)C(=O)O. The summed E-state index contributed by atoms with van der Waals surface area (Å²) in [5.41, 5.74) is 2.76. The summed E-state index contributed by atoms with van der Waals surface area (Å²) < 4.78 is 5.03. The Morgan fingerprint density at radius 2 is 1.25 bits per heavy atom. The molecule has 0 aromatic heterocycles. The third-order valence-electron chi connectivity index (χ3n) is 7.16. The molecule has 8 nitrogen and oxygen atoms in total. The van der Waals surface area contributed by atoms with Crippen LogP contribution in [0.25, 0.3) is 11.1 Å². The normalized spacial score (nSPS) is 12.8. The Labute approximate surface area is 266 Å². The van der Waals surface area contributed by atoms with E-state index >= 15 is 0 Å². The van der Waals surface area contributed by atoms with E-state index in [0.717, 1.165) is 16.7 Å². The van der Waals surface area contributed by atoms with E-state index in [2.05, 4.69) is 10.6 Å². The van der Waals surface area contributed by atoms with Crippen LogP contribution in [-0.4, -0.2) is 55.9 Å². The molecule has 0 saturated carbocycles. The van der Waals surface area contributed by atoms with E-state index in [0.29, 0.717) is 21.7 Å². The van der Waals surface area contributed by atoms with E-state index in [1.165, 1.54) is 19.2 Å². The molecule has 0 fully saturated rings. The van der Waals surface area contributed by atoms with Crippen LogP contribution in [0, 0.1) is 0 Å². The van der Waals surface area contributed by atoms with Crippen LogP contribution in [0.1, 0.15) is 29.2 Å². The number of ether oxygens (including phenoxy) is 1. The van der Waals surface area contributed by atoms with Crippen molar-refractivity contribution in [3.8, 4) is 22.6 Å². The van der Waals surface area contributed by atoms with Gasteiger partial charge in [0.25, 0.3) is 0 Å². The first kappa shape index (κ1) is 32.1. The molecule has 44 heavy (non-hydrogen) atoms. The van der Waals surface area contributed by atoms with Gasteiger partial charge in [-0.2, -0.15) is 0 Å². The summed E-state index contributed by atoms with van der Waals surface area (Å²) in [6, 6.07) is 26.8. The van der Waals surface area contributed by atoms with Crippen molar-refractivity contribution in [1.29, 1.82) is 0 Å². The van der Waals surface area contributed by atoms with Crippen molar-refractivity contribution < 1.29 is 29.6 Å². The zero-order valence-corrected chi connectivity index (χ0v) is 25.7. The summed E-state index contributed by atoms with van der Waals surface area (Å²) in [5.74, 6) is -1.37. The third kappa shape index (κ3) is 7.77. The molecule has 0 aliphatic heterocycles. The Morgan fingerprint density at radius 1 is 0.773 bits per heavy atom. The van der Waals surface area contributed by atoms with Crippen LogP contribution < -0.4 is 10.6 Å². The maximum absolute atomic E-state index is 12.7. The number of thiocarbonyl (C=S) groups is 2. The Morgan fingerprint density at radius 3 is 1.75 bits per heavy atom. The number of carboxylic acid groups (broad SMARTS) is 1. The van der Waals surface area contributed by atoms with Crippen LogP contribution >= 0.6 is 24.4 Å². The lowest BCUT2D eigenvalue weighted by atomic mass is 9.91. The van der Waals surface area contributed by atoms with Gasteiger partial charge in [-0.15, -0.1) is 0 Å². The molecule has 4 rings (SSSR count). The fourth-order valence-corrected chi connectivity index (χ4v) is 5.51. The van der Waals surface area contributed by atoms with Gasteiger partial charge in [0.1, 0.15) is 33.1 Å². The zero-order chi connectivity index (χ0) is 31.9. The topological polar surface area (TPSA) is 128 Å². The van der Waals surface area contributed by atoms with Crippen molar-refractivity contribution in [3.63, 3.8) is 0 Å². The molecule has 2 atom stereocenters. The minimum absolute atomic E-state index is 0.0903. The molecule has 5 N–H and O–H groups in total. The second kappa shape index (κ2) is 14.1. The van der Waals surface area contributed by atoms with Crippen molar-refractivity contribution in [1.82, 2.24) is 10.6 Å². The largest absolute Gasteiger partial charge is 0.508 e. The smallest absolute Gasteiger partial charge is 0.329 e. The van der Waals surface area contributed by atoms with Crippen LogP contribution in [0.5, 0.6) is 11.5 Å². The van der Waals surface area contributed by atoms with Crippen LogP contribution in [-0.2, 0) is 27.2 Å². The van der Waals surface area contributed by atoms with E-state index < -0.39 is 23.5 Å². The molecule has 4 aromatic rings. The van der Waals surface area contributed by atoms with Crippen molar-refractivity contribution >= 4 is 46.4 Å². The average Bonchev–Trinajstić information content (AvgIpc) is 3.02. The van der Waals surface area contributed by atoms with Crippen molar-refractivity contribution in [2.24, 2.45) is 0 Å². The lowest BCUT2D eigenvalue weighted by Gasteiger charge is -2.29. The van der Waals surface area contributed by atoms with E-state index in [1.54, 1.807) is 43.3 Å². The van der Waals surface area contributed by atoms with Crippen molar-refractivity contribution in [3.05, 3.63) is 119 Å². The molecule has 226 valence electrons. The van der Waals surface area contributed by atoms with Crippen LogP contribution in [0.4, 0.5) is 0 Å². The number of hydrogen-bond acceptors (Lipinski definition) is 7. The highest BCUT2D eigenvalue weighted by Crippen LogP contribution is 2.29. The average molecular weight is 629 g/mol. The van der Waals surface area contributed by atoms with Gasteiger partial charge < -0.3 is 30.7 Å². The number of rotatable bonds is 11. The molecule has 10 heteroatoms. The number of phenols is 2. The second-order valence-electron chi connectivity index (χ2n) is 10.4. The molecule has 0 bridgehead atoms. The molecule has 0 aliphatic carbocycles. The van der Waals surface area contributed by atoms with Gasteiger partial charge in [0.05, 0.1) is 7.11 Å². The van der Waals surface area contributed by atoms with Crippen LogP contribution in [0.15, 0.2) is 97.1 Å². The van der Waals surface area contributed by atoms with E-state index in [9.17, 15) is 24.9 Å². The number of carbonyl (C=O) groups excluding carboxylic acids is 1. The van der Waals surface area contributed by atoms with Crippen LogP contribution in [0.3, 0.4) is 0 Å². The lowest BCUT2D eigenvalue weighted by molar-refractivity contribution is -0.143. The number of hydrogen-bond donors (Lipinski definition) is 5.